The van der Waals surface area contributed by atoms with Gasteiger partial charge in [0.15, 0.2) is 0 Å². The van der Waals surface area contributed by atoms with Gasteiger partial charge in [-0.1, -0.05) is 0 Å². The number of pyridine rings is 1. The van der Waals surface area contributed by atoms with Crippen molar-refractivity contribution in [3.63, 3.8) is 0 Å². The number of alkyl halides is 3. The minimum atomic E-state index is -4.49. The normalized spacial score (nSPS) is 18.2. The summed E-state index contributed by atoms with van der Waals surface area (Å²) in [6.07, 6.45) is -4.84. The van der Waals surface area contributed by atoms with Crippen LogP contribution in [0.4, 0.5) is 23.8 Å². The number of carbonyl (C=O) groups excluding carboxylic acids is 1. The van der Waals surface area contributed by atoms with Crippen LogP contribution in [0.1, 0.15) is 18.1 Å². The third kappa shape index (κ3) is 4.52. The number of carboxylic acid groups (broad SMARTS) is 1. The largest absolute Gasteiger partial charge is 0.465 e. The molecule has 0 bridgehead atoms. The number of amides is 1. The van der Waals surface area contributed by atoms with E-state index in [1.807, 2.05) is 0 Å². The highest BCUT2D eigenvalue weighted by Gasteiger charge is 2.35. The molecule has 7 nitrogen and oxygen atoms in total. The number of aromatic nitrogens is 1. The molecule has 1 aliphatic rings. The first kappa shape index (κ1) is 18.8. The summed E-state index contributed by atoms with van der Waals surface area (Å²) in [4.78, 5) is 28.9. The van der Waals surface area contributed by atoms with Crippen LogP contribution in [0.15, 0.2) is 12.3 Å². The Morgan fingerprint density at radius 2 is 2.08 bits per heavy atom. The summed E-state index contributed by atoms with van der Waals surface area (Å²) < 4.78 is 43.6. The van der Waals surface area contributed by atoms with Crippen LogP contribution in [0.25, 0.3) is 0 Å². The Hall–Kier alpha value is -2.52. The highest BCUT2D eigenvalue weighted by Crippen LogP contribution is 2.33. The second-order valence-electron chi connectivity index (χ2n) is 5.73. The van der Waals surface area contributed by atoms with E-state index in [-0.39, 0.29) is 37.6 Å². The molecular formula is C15H18F3N3O4. The number of hydrogen-bond acceptors (Lipinski definition) is 5. The monoisotopic (exact) mass is 361 g/mol. The Kier molecular flexibility index (Phi) is 5.39. The van der Waals surface area contributed by atoms with Gasteiger partial charge >= 0.3 is 18.2 Å². The van der Waals surface area contributed by atoms with Crippen molar-refractivity contribution in [2.24, 2.45) is 0 Å². The molecule has 0 radical (unpaired) electrons. The fraction of sp³-hybridized carbons (Fsp3) is 0.533. The van der Waals surface area contributed by atoms with Gasteiger partial charge < -0.3 is 19.6 Å². The first-order valence-corrected chi connectivity index (χ1v) is 7.51. The molecule has 1 fully saturated rings. The van der Waals surface area contributed by atoms with Gasteiger partial charge in [0.25, 0.3) is 0 Å². The number of ether oxygens (including phenoxy) is 1. The molecule has 0 spiro atoms. The van der Waals surface area contributed by atoms with E-state index in [0.29, 0.717) is 0 Å². The molecule has 1 aliphatic heterocycles. The molecule has 25 heavy (non-hydrogen) atoms. The zero-order valence-corrected chi connectivity index (χ0v) is 13.7. The number of rotatable bonds is 3. The fourth-order valence-electron chi connectivity index (χ4n) is 2.68. The molecule has 1 unspecified atom stereocenters. The standard InChI is InChI=1S/C15H18F3N3O4/c1-9-5-13(19-6-12(9)15(16,17)18)21-4-3-20(14(23)24)7-11(21)8-25-10(2)22/h5-6,11H,3-4,7-8H2,1-2H3,(H,23,24). The van der Waals surface area contributed by atoms with E-state index >= 15 is 0 Å². The highest BCUT2D eigenvalue weighted by atomic mass is 19.4. The lowest BCUT2D eigenvalue weighted by Crippen LogP contribution is -2.56. The van der Waals surface area contributed by atoms with Crippen LogP contribution in [-0.2, 0) is 15.7 Å². The maximum Gasteiger partial charge on any atom is 0.418 e. The highest BCUT2D eigenvalue weighted by molar-refractivity contribution is 5.67. The van der Waals surface area contributed by atoms with Gasteiger partial charge in [-0.25, -0.2) is 9.78 Å². The maximum atomic E-state index is 12.9. The molecule has 1 N–H and O–H groups in total. The quantitative estimate of drug-likeness (QED) is 0.831. The van der Waals surface area contributed by atoms with Gasteiger partial charge in [-0.05, 0) is 18.6 Å². The smallest absolute Gasteiger partial charge is 0.418 e. The number of esters is 1. The summed E-state index contributed by atoms with van der Waals surface area (Å²) in [6, 6.07) is 0.775. The van der Waals surface area contributed by atoms with Crippen LogP contribution < -0.4 is 4.90 Å². The second kappa shape index (κ2) is 7.16. The van der Waals surface area contributed by atoms with E-state index in [1.165, 1.54) is 24.8 Å². The number of nitrogens with zero attached hydrogens (tertiary/aromatic N) is 3. The second-order valence-corrected chi connectivity index (χ2v) is 5.73. The molecule has 1 amide bonds. The maximum absolute atomic E-state index is 12.9. The zero-order chi connectivity index (χ0) is 18.8. The molecular weight excluding hydrogens is 343 g/mol. The van der Waals surface area contributed by atoms with Gasteiger partial charge in [-0.2, -0.15) is 13.2 Å². The van der Waals surface area contributed by atoms with Gasteiger partial charge in [0.1, 0.15) is 12.4 Å². The van der Waals surface area contributed by atoms with Crippen molar-refractivity contribution < 1.29 is 32.6 Å². The predicted molar refractivity (Wildman–Crippen MR) is 81.3 cm³/mol. The van der Waals surface area contributed by atoms with Crippen molar-refractivity contribution >= 4 is 17.9 Å². The number of aryl methyl sites for hydroxylation is 1. The molecule has 1 aromatic rings. The van der Waals surface area contributed by atoms with E-state index in [9.17, 15) is 22.8 Å². The summed E-state index contributed by atoms with van der Waals surface area (Å²) >= 11 is 0. The lowest BCUT2D eigenvalue weighted by Gasteiger charge is -2.40. The topological polar surface area (TPSA) is 83.0 Å². The number of piperazine rings is 1. The summed E-state index contributed by atoms with van der Waals surface area (Å²) in [5, 5.41) is 9.12. The van der Waals surface area contributed by atoms with E-state index in [2.05, 4.69) is 4.98 Å². The van der Waals surface area contributed by atoms with Crippen molar-refractivity contribution in [1.82, 2.24) is 9.88 Å². The third-order valence-electron chi connectivity index (χ3n) is 3.93. The molecule has 2 heterocycles. The fourth-order valence-corrected chi connectivity index (χ4v) is 2.68. The lowest BCUT2D eigenvalue weighted by atomic mass is 10.1. The first-order valence-electron chi connectivity index (χ1n) is 7.51. The van der Waals surface area contributed by atoms with Gasteiger partial charge in [-0.15, -0.1) is 0 Å². The van der Waals surface area contributed by atoms with Gasteiger partial charge in [-0.3, -0.25) is 4.79 Å². The van der Waals surface area contributed by atoms with Crippen molar-refractivity contribution in [2.45, 2.75) is 26.1 Å². The lowest BCUT2D eigenvalue weighted by molar-refractivity contribution is -0.141. The number of hydrogen-bond donors (Lipinski definition) is 1. The zero-order valence-electron chi connectivity index (χ0n) is 13.7. The predicted octanol–water partition coefficient (Wildman–Crippen LogP) is 2.14. The number of halogens is 3. The molecule has 2 rings (SSSR count). The van der Waals surface area contributed by atoms with Crippen LogP contribution in [0.2, 0.25) is 0 Å². The molecule has 138 valence electrons. The van der Waals surface area contributed by atoms with Gasteiger partial charge in [0.2, 0.25) is 0 Å². The molecule has 1 atom stereocenters. The van der Waals surface area contributed by atoms with Crippen LogP contribution in [0, 0.1) is 6.92 Å². The number of anilines is 1. The van der Waals surface area contributed by atoms with Gasteiger partial charge in [0, 0.05) is 32.8 Å². The molecule has 1 aromatic heterocycles. The van der Waals surface area contributed by atoms with Crippen molar-refractivity contribution in [2.75, 3.05) is 31.1 Å². The average molecular weight is 361 g/mol. The van der Waals surface area contributed by atoms with Crippen LogP contribution in [0.5, 0.6) is 0 Å². The SMILES string of the molecule is CC(=O)OCC1CN(C(=O)O)CCN1c1cc(C)c(C(F)(F)F)cn1. The Morgan fingerprint density at radius 1 is 1.40 bits per heavy atom. The Bertz CT molecular complexity index is 666. The van der Waals surface area contributed by atoms with Gasteiger partial charge in [0.05, 0.1) is 11.6 Å². The van der Waals surface area contributed by atoms with Crippen molar-refractivity contribution in [3.05, 3.63) is 23.4 Å². The molecule has 0 saturated carbocycles. The first-order chi connectivity index (χ1) is 11.6. The average Bonchev–Trinajstić information content (AvgIpc) is 2.51. The minimum Gasteiger partial charge on any atom is -0.465 e. The summed E-state index contributed by atoms with van der Waals surface area (Å²) in [5.41, 5.74) is -0.804. The Balaban J connectivity index is 2.26. The van der Waals surface area contributed by atoms with Crippen molar-refractivity contribution in [1.29, 1.82) is 0 Å². The van der Waals surface area contributed by atoms with Crippen molar-refractivity contribution in [3.8, 4) is 0 Å². The van der Waals surface area contributed by atoms with Crippen LogP contribution >= 0.6 is 0 Å². The summed E-state index contributed by atoms with van der Waals surface area (Å²) in [5.74, 6) is -0.239. The molecule has 0 aliphatic carbocycles. The van der Waals surface area contributed by atoms with E-state index in [1.54, 1.807) is 4.90 Å². The van der Waals surface area contributed by atoms with E-state index < -0.39 is 29.8 Å². The molecule has 0 aromatic carbocycles. The molecule has 1 saturated heterocycles. The minimum absolute atomic E-state index is 0.0180. The van der Waals surface area contributed by atoms with E-state index in [0.717, 1.165) is 6.20 Å². The Morgan fingerprint density at radius 3 is 2.60 bits per heavy atom. The Labute approximate surface area is 142 Å². The molecule has 10 heteroatoms. The summed E-state index contributed by atoms with van der Waals surface area (Å²) in [7, 11) is 0. The van der Waals surface area contributed by atoms with Crippen LogP contribution in [-0.4, -0.2) is 59.3 Å². The van der Waals surface area contributed by atoms with Crippen LogP contribution in [0.3, 0.4) is 0 Å². The summed E-state index contributed by atoms with van der Waals surface area (Å²) in [6.45, 7) is 2.94. The van der Waals surface area contributed by atoms with E-state index in [4.69, 9.17) is 9.84 Å². The number of carbonyl (C=O) groups is 2. The third-order valence-corrected chi connectivity index (χ3v) is 3.93.